The number of thiol groups is 1. The number of carboxylic acid groups (broad SMARTS) is 1. The van der Waals surface area contributed by atoms with E-state index in [4.69, 9.17) is 5.11 Å². The lowest BCUT2D eigenvalue weighted by Crippen LogP contribution is -2.64. The maximum Gasteiger partial charge on any atom is 0.405 e. The van der Waals surface area contributed by atoms with Crippen LogP contribution in [0.5, 0.6) is 0 Å². The number of hydrogen-bond acceptors (Lipinski definition) is 2. The molecule has 0 aliphatic carbocycles. The molecule has 1 aromatic rings. The Morgan fingerprint density at radius 2 is 1.96 bits per heavy atom. The van der Waals surface area contributed by atoms with Crippen molar-refractivity contribution >= 4 is 16.4 Å². The van der Waals surface area contributed by atoms with Gasteiger partial charge in [-0.25, -0.2) is 27.4 Å². The Hall–Kier alpha value is -1.65. The Morgan fingerprint density at radius 3 is 2.48 bits per heavy atom. The number of rotatable bonds is 4. The lowest BCUT2D eigenvalue weighted by atomic mass is 9.94. The van der Waals surface area contributed by atoms with Crippen molar-refractivity contribution in [3.05, 3.63) is 35.6 Å². The summed E-state index contributed by atoms with van der Waals surface area (Å²) in [5.74, 6) is -4.14. The standard InChI is InChI=1S/C13H18F3N3O3S/c1-12(19-11(20)21,9-4-2-3-5-10(9)14)8-23(22)17-6-13(15,16)7-18-23/h2-5,19,23H,6-8H2,1H3,(H,20,21)(H2,17,18,22)/t12-/m0/s1. The van der Waals surface area contributed by atoms with E-state index in [0.29, 0.717) is 0 Å². The molecule has 1 amide bonds. The molecule has 10 heteroatoms. The average molecular weight is 353 g/mol. The molecule has 0 aromatic heterocycles. The summed E-state index contributed by atoms with van der Waals surface area (Å²) >= 11 is 0. The summed E-state index contributed by atoms with van der Waals surface area (Å²) in [5.41, 5.74) is -1.57. The van der Waals surface area contributed by atoms with Gasteiger partial charge in [0.25, 0.3) is 5.92 Å². The van der Waals surface area contributed by atoms with Crippen LogP contribution in [0.2, 0.25) is 0 Å². The van der Waals surface area contributed by atoms with Crippen LogP contribution >= 0.6 is 0 Å². The minimum atomic E-state index is -3.53. The molecule has 0 saturated carbocycles. The highest BCUT2D eigenvalue weighted by Gasteiger charge is 2.42. The number of amides is 1. The van der Waals surface area contributed by atoms with Gasteiger partial charge in [-0.3, -0.25) is 4.21 Å². The lowest BCUT2D eigenvalue weighted by Gasteiger charge is -2.41. The topological polar surface area (TPSA) is 90.5 Å². The number of carbonyl (C=O) groups is 1. The summed E-state index contributed by atoms with van der Waals surface area (Å²) in [7, 11) is -3.53. The second-order valence-corrected chi connectivity index (χ2v) is 8.09. The van der Waals surface area contributed by atoms with E-state index in [-0.39, 0.29) is 5.56 Å². The average Bonchev–Trinajstić information content (AvgIpc) is 2.42. The van der Waals surface area contributed by atoms with Crippen molar-refractivity contribution in [2.24, 2.45) is 0 Å². The van der Waals surface area contributed by atoms with Gasteiger partial charge in [0.15, 0.2) is 0 Å². The van der Waals surface area contributed by atoms with Crippen molar-refractivity contribution in [1.29, 1.82) is 0 Å². The third kappa shape index (κ3) is 4.21. The summed E-state index contributed by atoms with van der Waals surface area (Å²) in [5, 5.41) is 11.2. The first-order valence-electron chi connectivity index (χ1n) is 6.79. The largest absolute Gasteiger partial charge is 0.465 e. The minimum Gasteiger partial charge on any atom is -0.465 e. The molecule has 1 aliphatic rings. The molecule has 4 N–H and O–H groups in total. The number of alkyl halides is 2. The second kappa shape index (κ2) is 6.10. The van der Waals surface area contributed by atoms with Gasteiger partial charge in [-0.15, -0.1) is 0 Å². The first kappa shape index (κ1) is 17.7. The fraction of sp³-hybridized carbons (Fsp3) is 0.462. The zero-order valence-electron chi connectivity index (χ0n) is 12.3. The van der Waals surface area contributed by atoms with Crippen molar-refractivity contribution in [1.82, 2.24) is 14.8 Å². The van der Waals surface area contributed by atoms with E-state index >= 15 is 0 Å². The van der Waals surface area contributed by atoms with Gasteiger partial charge in [0, 0.05) is 5.56 Å². The van der Waals surface area contributed by atoms with Crippen LogP contribution in [0.1, 0.15) is 12.5 Å². The summed E-state index contributed by atoms with van der Waals surface area (Å²) in [4.78, 5) is 11.1. The zero-order valence-corrected chi connectivity index (χ0v) is 13.2. The molecule has 0 unspecified atom stereocenters. The van der Waals surface area contributed by atoms with Crippen LogP contribution in [0.15, 0.2) is 24.3 Å². The van der Waals surface area contributed by atoms with Gasteiger partial charge in [0.1, 0.15) is 5.82 Å². The highest BCUT2D eigenvalue weighted by atomic mass is 32.3. The van der Waals surface area contributed by atoms with Crippen molar-refractivity contribution in [3.8, 4) is 0 Å². The Morgan fingerprint density at radius 1 is 1.39 bits per heavy atom. The van der Waals surface area contributed by atoms with E-state index in [1.54, 1.807) is 0 Å². The predicted molar refractivity (Wildman–Crippen MR) is 80.3 cm³/mol. The molecule has 0 spiro atoms. The number of halogens is 3. The van der Waals surface area contributed by atoms with Crippen molar-refractivity contribution < 1.29 is 27.3 Å². The monoisotopic (exact) mass is 353 g/mol. The molecule has 1 atom stereocenters. The van der Waals surface area contributed by atoms with Crippen LogP contribution in [0.3, 0.4) is 0 Å². The fourth-order valence-electron chi connectivity index (χ4n) is 2.50. The number of benzene rings is 1. The predicted octanol–water partition coefficient (Wildman–Crippen LogP) is 0.983. The molecular weight excluding hydrogens is 335 g/mol. The van der Waals surface area contributed by atoms with E-state index in [2.05, 4.69) is 14.8 Å². The molecule has 1 heterocycles. The second-order valence-electron chi connectivity index (χ2n) is 5.67. The highest BCUT2D eigenvalue weighted by Crippen LogP contribution is 2.28. The van der Waals surface area contributed by atoms with Crippen LogP contribution in [0.4, 0.5) is 18.0 Å². The molecule has 2 rings (SSSR count). The van der Waals surface area contributed by atoms with Gasteiger partial charge < -0.3 is 10.4 Å². The number of nitrogens with one attached hydrogen (secondary N) is 3. The maximum absolute atomic E-state index is 14.1. The number of hydrogen-bond donors (Lipinski definition) is 5. The van der Waals surface area contributed by atoms with Crippen LogP contribution < -0.4 is 14.8 Å². The van der Waals surface area contributed by atoms with Crippen LogP contribution in [0, 0.1) is 5.82 Å². The first-order chi connectivity index (χ1) is 10.6. The SMILES string of the molecule is C[C@@](C[SH]1(=O)NCC(F)(F)CN1)(NC(=O)O)c1ccccc1F. The maximum atomic E-state index is 14.1. The van der Waals surface area contributed by atoms with Crippen molar-refractivity contribution in [2.45, 2.75) is 18.4 Å². The normalized spacial score (nSPS) is 23.5. The molecule has 23 heavy (non-hydrogen) atoms. The van der Waals surface area contributed by atoms with Gasteiger partial charge >= 0.3 is 6.09 Å². The Kier molecular flexibility index (Phi) is 4.69. The van der Waals surface area contributed by atoms with E-state index in [1.807, 2.05) is 0 Å². The zero-order chi connectivity index (χ0) is 17.3. The van der Waals surface area contributed by atoms with Gasteiger partial charge in [-0.05, 0) is 23.3 Å². The van der Waals surface area contributed by atoms with Gasteiger partial charge in [-0.1, -0.05) is 18.2 Å². The summed E-state index contributed by atoms with van der Waals surface area (Å²) < 4.78 is 57.6. The van der Waals surface area contributed by atoms with E-state index in [9.17, 15) is 22.2 Å². The quantitative estimate of drug-likeness (QED) is 0.523. The van der Waals surface area contributed by atoms with E-state index in [0.717, 1.165) is 6.07 Å². The highest BCUT2D eigenvalue weighted by molar-refractivity contribution is 7.99. The van der Waals surface area contributed by atoms with Crippen LogP contribution in [-0.4, -0.2) is 40.2 Å². The molecule has 1 aliphatic heterocycles. The van der Waals surface area contributed by atoms with Crippen LogP contribution in [0.25, 0.3) is 0 Å². The Bertz CT molecular complexity index is 644. The summed E-state index contributed by atoms with van der Waals surface area (Å²) in [6, 6.07) is 5.44. The third-order valence-corrected chi connectivity index (χ3v) is 5.99. The van der Waals surface area contributed by atoms with Crippen LogP contribution in [-0.2, 0) is 15.8 Å². The summed E-state index contributed by atoms with van der Waals surface area (Å²) in [6.07, 6.45) is -1.44. The summed E-state index contributed by atoms with van der Waals surface area (Å²) in [6.45, 7) is -0.231. The molecule has 1 fully saturated rings. The lowest BCUT2D eigenvalue weighted by molar-refractivity contribution is 0.00824. The van der Waals surface area contributed by atoms with E-state index in [1.165, 1.54) is 25.1 Å². The third-order valence-electron chi connectivity index (χ3n) is 3.58. The first-order valence-corrected chi connectivity index (χ1v) is 8.68. The molecule has 0 bridgehead atoms. The molecule has 6 nitrogen and oxygen atoms in total. The molecular formula is C13H18F3N3O3S. The molecule has 1 aromatic carbocycles. The van der Waals surface area contributed by atoms with E-state index < -0.39 is 52.5 Å². The minimum absolute atomic E-state index is 0.0152. The smallest absolute Gasteiger partial charge is 0.405 e. The van der Waals surface area contributed by atoms with Gasteiger partial charge in [0.2, 0.25) is 0 Å². The Labute approximate surface area is 132 Å². The molecule has 0 radical (unpaired) electrons. The molecule has 1 saturated heterocycles. The Balaban J connectivity index is 2.31. The van der Waals surface area contributed by atoms with Crippen molar-refractivity contribution in [3.63, 3.8) is 0 Å². The van der Waals surface area contributed by atoms with Gasteiger partial charge in [-0.2, -0.15) is 0 Å². The van der Waals surface area contributed by atoms with Crippen molar-refractivity contribution in [2.75, 3.05) is 18.8 Å². The van der Waals surface area contributed by atoms with Gasteiger partial charge in [0.05, 0.1) is 24.4 Å². The fourth-order valence-corrected chi connectivity index (χ4v) is 4.95. The molecule has 130 valence electrons.